The van der Waals surface area contributed by atoms with Gasteiger partial charge in [0.25, 0.3) is 11.8 Å². The zero-order valence-corrected chi connectivity index (χ0v) is 31.9. The summed E-state index contributed by atoms with van der Waals surface area (Å²) in [5.74, 6) is -2.78. The van der Waals surface area contributed by atoms with Crippen LogP contribution in [0.4, 0.5) is 5.13 Å². The number of hydrogen-bond acceptors (Lipinski definition) is 13. The molecule has 2 saturated heterocycles. The molecule has 18 heteroatoms. The molecule has 2 aromatic heterocycles. The predicted molar refractivity (Wildman–Crippen MR) is 209 cm³/mol. The number of nitrogens with zero attached hydrogens (tertiary/aromatic N) is 6. The van der Waals surface area contributed by atoms with Gasteiger partial charge in [-0.1, -0.05) is 108 Å². The van der Waals surface area contributed by atoms with Gasteiger partial charge in [-0.25, -0.2) is 4.98 Å². The van der Waals surface area contributed by atoms with E-state index >= 15 is 0 Å². The van der Waals surface area contributed by atoms with Crippen LogP contribution in [0.3, 0.4) is 0 Å². The minimum absolute atomic E-state index is 0.0531. The minimum atomic E-state index is -1.32. The van der Waals surface area contributed by atoms with E-state index in [4.69, 9.17) is 15.6 Å². The number of carbonyl (C=O) groups is 4. The zero-order chi connectivity index (χ0) is 38.7. The fourth-order valence-electron chi connectivity index (χ4n) is 6.65. The van der Waals surface area contributed by atoms with Gasteiger partial charge in [-0.15, -0.1) is 33.3 Å². The summed E-state index contributed by atoms with van der Waals surface area (Å²) < 4.78 is 1.40. The molecule has 5 aromatic rings. The Morgan fingerprint density at radius 3 is 2.15 bits per heavy atom. The maximum atomic E-state index is 13.8. The third-order valence-electron chi connectivity index (χ3n) is 9.48. The highest BCUT2D eigenvalue weighted by molar-refractivity contribution is 8.00. The number of nitrogens with two attached hydrogens (primary N) is 1. The number of rotatable bonds is 14. The predicted octanol–water partition coefficient (Wildman–Crippen LogP) is 3.39. The first kappa shape index (κ1) is 37.6. The lowest BCUT2D eigenvalue weighted by molar-refractivity contribution is -0.157. The summed E-state index contributed by atoms with van der Waals surface area (Å²) in [6, 6.07) is 29.1. The van der Waals surface area contributed by atoms with Crippen molar-refractivity contribution >= 4 is 69.4 Å². The van der Waals surface area contributed by atoms with Crippen LogP contribution in [0.15, 0.2) is 107 Å². The number of thiazole rings is 1. The van der Waals surface area contributed by atoms with Crippen LogP contribution < -0.4 is 16.4 Å². The number of nitrogens with one attached hydrogen (secondary N) is 2. The Morgan fingerprint density at radius 2 is 1.62 bits per heavy atom. The molecule has 55 heavy (non-hydrogen) atoms. The first-order chi connectivity index (χ1) is 26.6. The molecule has 4 heterocycles. The number of thioether (sulfide) groups is 2. The largest absolute Gasteiger partial charge is 0.481 e. The minimum Gasteiger partial charge on any atom is -0.481 e. The van der Waals surface area contributed by atoms with E-state index < -0.39 is 46.1 Å². The second-order valence-electron chi connectivity index (χ2n) is 12.9. The molecule has 3 aromatic carbocycles. The molecule has 7 rings (SSSR count). The molecule has 3 amide bonds. The Morgan fingerprint density at radius 1 is 1.02 bits per heavy atom. The van der Waals surface area contributed by atoms with Crippen molar-refractivity contribution in [3.8, 4) is 0 Å². The lowest BCUT2D eigenvalue weighted by atomic mass is 9.77. The summed E-state index contributed by atoms with van der Waals surface area (Å²) in [5, 5.41) is 30.5. The van der Waals surface area contributed by atoms with Crippen molar-refractivity contribution in [2.75, 3.05) is 30.5 Å². The van der Waals surface area contributed by atoms with Crippen LogP contribution in [0.25, 0.3) is 0 Å². The molecule has 2 fully saturated rings. The van der Waals surface area contributed by atoms with Crippen LogP contribution in [0.5, 0.6) is 0 Å². The van der Waals surface area contributed by atoms with Crippen LogP contribution in [-0.4, -0.2) is 95.7 Å². The molecule has 15 nitrogen and oxygen atoms in total. The third-order valence-corrected chi connectivity index (χ3v) is 13.1. The number of aliphatic carboxylic acids is 1. The summed E-state index contributed by atoms with van der Waals surface area (Å²) >= 11 is 3.66. The highest BCUT2D eigenvalue weighted by Crippen LogP contribution is 2.45. The highest BCUT2D eigenvalue weighted by atomic mass is 32.2. The molecule has 2 aliphatic heterocycles. The number of oxime groups is 1. The maximum Gasteiger partial charge on any atom is 0.313 e. The van der Waals surface area contributed by atoms with Crippen molar-refractivity contribution in [2.45, 2.75) is 22.1 Å². The second-order valence-corrected chi connectivity index (χ2v) is 15.8. The van der Waals surface area contributed by atoms with E-state index in [0.29, 0.717) is 10.3 Å². The monoisotopic (exact) mass is 797 g/mol. The number of anilines is 1. The van der Waals surface area contributed by atoms with Gasteiger partial charge in [-0.05, 0) is 16.7 Å². The molecule has 0 radical (unpaired) electrons. The highest BCUT2D eigenvalue weighted by Gasteiger charge is 2.57. The summed E-state index contributed by atoms with van der Waals surface area (Å²) in [6.45, 7) is -0.0785. The number of amides is 3. The molecule has 2 unspecified atom stereocenters. The summed E-state index contributed by atoms with van der Waals surface area (Å²) in [7, 11) is 2.88. The summed E-state index contributed by atoms with van der Waals surface area (Å²) in [5.41, 5.74) is 6.19. The quantitative estimate of drug-likeness (QED) is 0.0420. The molecule has 2 aliphatic rings. The topological polar surface area (TPSA) is 207 Å². The standard InChI is InChI=1S/C37H35N9O6S3/c1-45-29(28(38)47)42-43-35(45)55-21-36(33(50)51)19-46-31(49)27(32(46)54-20-36)40-30(48)26(44-52-2)25-18-53-34(39-25)41-37(22-12-6-3-7-13-22,23-14-8-4-9-15-23)24-16-10-5-11-17-24/h3-18,27,32H,19-21H2,1-2H3,(H2,38,47)(H,39,41)(H,40,48)(H,50,51)/t27?,32-,36?/m1/s1. The molecule has 0 saturated carbocycles. The van der Waals surface area contributed by atoms with Gasteiger partial charge in [0.1, 0.15) is 35.2 Å². The van der Waals surface area contributed by atoms with Crippen molar-refractivity contribution in [3.05, 3.63) is 125 Å². The number of fused-ring (bicyclic) bond motifs is 1. The summed E-state index contributed by atoms with van der Waals surface area (Å²) in [4.78, 5) is 62.8. The van der Waals surface area contributed by atoms with Crippen LogP contribution in [-0.2, 0) is 31.8 Å². The van der Waals surface area contributed by atoms with E-state index in [-0.39, 0.29) is 35.3 Å². The van der Waals surface area contributed by atoms with E-state index in [1.165, 1.54) is 39.7 Å². The average molecular weight is 798 g/mol. The third kappa shape index (κ3) is 7.03. The molecule has 0 bridgehead atoms. The van der Waals surface area contributed by atoms with Gasteiger partial charge in [0.05, 0.1) is 0 Å². The van der Waals surface area contributed by atoms with Crippen molar-refractivity contribution in [1.82, 2.24) is 30.0 Å². The van der Waals surface area contributed by atoms with Gasteiger partial charge in [0.2, 0.25) is 11.7 Å². The first-order valence-corrected chi connectivity index (χ1v) is 19.8. The van der Waals surface area contributed by atoms with Gasteiger partial charge < -0.3 is 35.8 Å². The van der Waals surface area contributed by atoms with Crippen LogP contribution >= 0.6 is 34.9 Å². The van der Waals surface area contributed by atoms with Gasteiger partial charge >= 0.3 is 5.97 Å². The Hall–Kier alpha value is -5.72. The van der Waals surface area contributed by atoms with Crippen molar-refractivity contribution < 1.29 is 29.1 Å². The van der Waals surface area contributed by atoms with Crippen LogP contribution in [0, 0.1) is 5.41 Å². The first-order valence-electron chi connectivity index (χ1n) is 16.9. The number of hydrogen-bond donors (Lipinski definition) is 4. The van der Waals surface area contributed by atoms with Crippen molar-refractivity contribution in [2.24, 2.45) is 23.4 Å². The fraction of sp³-hybridized carbons (Fsp3) is 0.243. The van der Waals surface area contributed by atoms with E-state index in [9.17, 15) is 24.3 Å². The fourth-order valence-corrected chi connectivity index (χ4v) is 10.2. The molecule has 0 aliphatic carbocycles. The Balaban J connectivity index is 1.08. The normalized spacial score (nSPS) is 19.6. The van der Waals surface area contributed by atoms with Crippen LogP contribution in [0.1, 0.15) is 33.0 Å². The molecule has 3 atom stereocenters. The Labute approximate surface area is 327 Å². The van der Waals surface area contributed by atoms with E-state index in [1.54, 1.807) is 12.4 Å². The SMILES string of the molecule is CON=C(C(=O)NC1C(=O)N2CC(CSc3nnc(C(N)=O)n3C)(C(=O)O)CS[C@H]12)c1csc(NC(c2ccccc2)(c2ccccc2)c2ccccc2)n1. The molecular formula is C37H35N9O6S3. The number of carboxylic acid groups (broad SMARTS) is 1. The number of β-lactam (4-membered cyclic amide) rings is 1. The Bertz CT molecular complexity index is 2160. The van der Waals surface area contributed by atoms with Gasteiger partial charge in [-0.2, -0.15) is 0 Å². The van der Waals surface area contributed by atoms with Gasteiger partial charge in [-0.3, -0.25) is 19.2 Å². The summed E-state index contributed by atoms with van der Waals surface area (Å²) in [6.07, 6.45) is 0. The zero-order valence-electron chi connectivity index (χ0n) is 29.5. The molecule has 0 spiro atoms. The van der Waals surface area contributed by atoms with Crippen molar-refractivity contribution in [1.29, 1.82) is 0 Å². The van der Waals surface area contributed by atoms with Gasteiger partial charge in [0.15, 0.2) is 16.0 Å². The molecular weight excluding hydrogens is 763 g/mol. The van der Waals surface area contributed by atoms with E-state index in [2.05, 4.69) is 26.0 Å². The molecule has 5 N–H and O–H groups in total. The number of aromatic nitrogens is 4. The van der Waals surface area contributed by atoms with E-state index in [1.807, 2.05) is 91.0 Å². The number of carbonyl (C=O) groups excluding carboxylic acids is 3. The second kappa shape index (κ2) is 15.6. The number of benzene rings is 3. The molecule has 282 valence electrons. The average Bonchev–Trinajstić information content (AvgIpc) is 3.83. The smallest absolute Gasteiger partial charge is 0.313 e. The number of primary amides is 1. The number of carboxylic acids is 1. The Kier molecular flexibility index (Phi) is 10.6. The lowest BCUT2D eigenvalue weighted by Crippen LogP contribution is -2.74. The van der Waals surface area contributed by atoms with Gasteiger partial charge in [0, 0.05) is 30.5 Å². The van der Waals surface area contributed by atoms with Crippen molar-refractivity contribution in [3.63, 3.8) is 0 Å². The maximum absolute atomic E-state index is 13.8. The van der Waals surface area contributed by atoms with E-state index in [0.717, 1.165) is 28.5 Å². The lowest BCUT2D eigenvalue weighted by Gasteiger charge is -2.53. The van der Waals surface area contributed by atoms with Crippen LogP contribution in [0.2, 0.25) is 0 Å².